The molecule has 0 atom stereocenters. The molecule has 0 bridgehead atoms. The van der Waals surface area contributed by atoms with Gasteiger partial charge in [0.2, 0.25) is 10.0 Å². The van der Waals surface area contributed by atoms with Gasteiger partial charge in [-0.05, 0) is 30.7 Å². The van der Waals surface area contributed by atoms with E-state index in [1.165, 1.54) is 0 Å². The van der Waals surface area contributed by atoms with E-state index in [4.69, 9.17) is 4.65 Å². The van der Waals surface area contributed by atoms with Crippen LogP contribution in [-0.4, -0.2) is 54.0 Å². The molecule has 9 heteroatoms. The highest BCUT2D eigenvalue weighted by Gasteiger charge is 2.30. The highest BCUT2D eigenvalue weighted by atomic mass is 32.2. The van der Waals surface area contributed by atoms with Gasteiger partial charge in [0.25, 0.3) is 0 Å². The topological polar surface area (TPSA) is 84.7 Å². The second kappa shape index (κ2) is 6.63. The second-order valence-corrected chi connectivity index (χ2v) is 8.85. The summed E-state index contributed by atoms with van der Waals surface area (Å²) in [5.74, 6) is 2.85. The van der Waals surface area contributed by atoms with Crippen molar-refractivity contribution < 1.29 is 18.3 Å². The normalized spacial score (nSPS) is 18.5. The van der Waals surface area contributed by atoms with E-state index in [0.29, 0.717) is 30.9 Å². The number of fused-ring (bicyclic) bond motifs is 3. The summed E-state index contributed by atoms with van der Waals surface area (Å²) in [6, 6.07) is 0. The second-order valence-electron chi connectivity index (χ2n) is 6.77. The molecule has 4 heterocycles. The van der Waals surface area contributed by atoms with Gasteiger partial charge < -0.3 is 9.86 Å². The molecule has 2 aromatic heterocycles. The Morgan fingerprint density at radius 3 is 2.88 bits per heavy atom. The number of rotatable bonds is 4. The molecule has 26 heavy (non-hydrogen) atoms. The Morgan fingerprint density at radius 1 is 1.38 bits per heavy atom. The van der Waals surface area contributed by atoms with Crippen molar-refractivity contribution in [2.75, 3.05) is 18.8 Å². The Hall–Kier alpha value is -2.00. The third-order valence-corrected chi connectivity index (χ3v) is 7.19. The molecule has 4 rings (SSSR count). The number of sulfonamides is 1. The third-order valence-electron chi connectivity index (χ3n) is 5.12. The van der Waals surface area contributed by atoms with E-state index in [1.54, 1.807) is 24.2 Å². The van der Waals surface area contributed by atoms with E-state index in [1.807, 2.05) is 19.0 Å². The number of piperidine rings is 1. The Balaban J connectivity index is 1.66. The molecule has 1 radical (unpaired) electrons. The third kappa shape index (κ3) is 2.89. The van der Waals surface area contributed by atoms with Crippen LogP contribution in [0, 0.1) is 0 Å². The zero-order valence-electron chi connectivity index (χ0n) is 14.6. The van der Waals surface area contributed by atoms with E-state index in [0.717, 1.165) is 34.1 Å². The molecule has 7 nitrogen and oxygen atoms in total. The van der Waals surface area contributed by atoms with Crippen LogP contribution in [0.1, 0.15) is 43.2 Å². The summed E-state index contributed by atoms with van der Waals surface area (Å²) in [5, 5.41) is 11.1. The summed E-state index contributed by atoms with van der Waals surface area (Å²) >= 11 is 0. The van der Waals surface area contributed by atoms with Crippen molar-refractivity contribution in [3.8, 4) is 5.75 Å². The summed E-state index contributed by atoms with van der Waals surface area (Å²) in [4.78, 5) is 4.32. The number of pyridine rings is 1. The maximum absolute atomic E-state index is 12.3. The summed E-state index contributed by atoms with van der Waals surface area (Å²) in [6.07, 6.45) is 7.33. The van der Waals surface area contributed by atoms with Crippen LogP contribution in [0.4, 0.5) is 0 Å². The highest BCUT2D eigenvalue weighted by Crippen LogP contribution is 2.39. The van der Waals surface area contributed by atoms with Crippen molar-refractivity contribution >= 4 is 34.6 Å². The smallest absolute Gasteiger partial charge is 0.401 e. The zero-order valence-corrected chi connectivity index (χ0v) is 15.4. The van der Waals surface area contributed by atoms with Crippen molar-refractivity contribution in [2.45, 2.75) is 32.1 Å². The average Bonchev–Trinajstić information content (AvgIpc) is 2.99. The molecule has 2 aromatic rings. The molecular formula is C17H21BN3O4S. The monoisotopic (exact) mass is 374 g/mol. The van der Waals surface area contributed by atoms with Crippen molar-refractivity contribution in [1.82, 2.24) is 14.0 Å². The Bertz CT molecular complexity index is 962. The summed E-state index contributed by atoms with van der Waals surface area (Å²) in [5.41, 5.74) is 2.39. The lowest BCUT2D eigenvalue weighted by atomic mass is 9.87. The van der Waals surface area contributed by atoms with Gasteiger partial charge in [0, 0.05) is 30.2 Å². The Kier molecular flexibility index (Phi) is 4.44. The van der Waals surface area contributed by atoms with Crippen LogP contribution in [0.5, 0.6) is 5.75 Å². The predicted molar refractivity (Wildman–Crippen MR) is 100.0 cm³/mol. The van der Waals surface area contributed by atoms with Crippen LogP contribution in [0.15, 0.2) is 18.4 Å². The molecule has 1 fully saturated rings. The van der Waals surface area contributed by atoms with E-state index in [2.05, 4.69) is 4.98 Å². The number of hydrogen-bond acceptors (Lipinski definition) is 5. The van der Waals surface area contributed by atoms with Gasteiger partial charge in [-0.1, -0.05) is 19.0 Å². The predicted octanol–water partition coefficient (Wildman–Crippen LogP) is 2.18. The van der Waals surface area contributed by atoms with E-state index in [-0.39, 0.29) is 11.7 Å². The molecular weight excluding hydrogens is 353 g/mol. The fourth-order valence-corrected chi connectivity index (χ4v) is 5.40. The summed E-state index contributed by atoms with van der Waals surface area (Å²) in [6.45, 7) is 2.89. The quantitative estimate of drug-likeness (QED) is 0.655. The first-order valence-electron chi connectivity index (χ1n) is 8.89. The minimum atomic E-state index is -3.16. The van der Waals surface area contributed by atoms with Crippen LogP contribution in [0.25, 0.3) is 17.1 Å². The number of aromatic nitrogens is 2. The Morgan fingerprint density at radius 2 is 2.15 bits per heavy atom. The van der Waals surface area contributed by atoms with Gasteiger partial charge in [-0.2, -0.15) is 4.73 Å². The molecule has 2 aliphatic rings. The van der Waals surface area contributed by atoms with Crippen molar-refractivity contribution in [3.63, 3.8) is 0 Å². The zero-order chi connectivity index (χ0) is 18.3. The molecule has 0 amide bonds. The average molecular weight is 374 g/mol. The first-order chi connectivity index (χ1) is 12.5. The van der Waals surface area contributed by atoms with Gasteiger partial charge in [-0.15, -0.1) is 0 Å². The molecule has 137 valence electrons. The van der Waals surface area contributed by atoms with Crippen LogP contribution in [0.3, 0.4) is 0 Å². The molecule has 0 aliphatic carbocycles. The van der Waals surface area contributed by atoms with Gasteiger partial charge in [0.15, 0.2) is 5.65 Å². The lowest BCUT2D eigenvalue weighted by molar-refractivity contribution is 0.197. The van der Waals surface area contributed by atoms with Gasteiger partial charge in [-0.25, -0.2) is 17.7 Å². The van der Waals surface area contributed by atoms with Gasteiger partial charge in [0.05, 0.1) is 11.9 Å². The summed E-state index contributed by atoms with van der Waals surface area (Å²) in [7, 11) is -1.56. The summed E-state index contributed by atoms with van der Waals surface area (Å²) < 4.78 is 32.7. The molecule has 1 N–H and O–H groups in total. The van der Waals surface area contributed by atoms with Crippen molar-refractivity contribution in [3.05, 3.63) is 29.5 Å². The molecule has 0 saturated carbocycles. The van der Waals surface area contributed by atoms with Gasteiger partial charge >= 0.3 is 7.48 Å². The van der Waals surface area contributed by atoms with Crippen LogP contribution < -0.4 is 4.65 Å². The lowest BCUT2D eigenvalue weighted by Crippen LogP contribution is -2.39. The van der Waals surface area contributed by atoms with Crippen molar-refractivity contribution in [2.24, 2.45) is 0 Å². The molecule has 2 aliphatic heterocycles. The molecule has 0 aromatic carbocycles. The van der Waals surface area contributed by atoms with E-state index < -0.39 is 10.0 Å². The van der Waals surface area contributed by atoms with E-state index >= 15 is 0 Å². The number of nitrogens with zero attached hydrogens (tertiary/aromatic N) is 3. The van der Waals surface area contributed by atoms with Crippen molar-refractivity contribution in [1.29, 1.82) is 0 Å². The van der Waals surface area contributed by atoms with Gasteiger partial charge in [0.1, 0.15) is 5.75 Å². The fourth-order valence-electron chi connectivity index (χ4n) is 3.86. The minimum absolute atomic E-state index is 0.173. The number of hydrogen-bond donors (Lipinski definition) is 1. The van der Waals surface area contributed by atoms with Crippen LogP contribution >= 0.6 is 0 Å². The van der Waals surface area contributed by atoms with E-state index in [9.17, 15) is 13.6 Å². The standard InChI is InChI=1S/C17H21BN3O4S/c1-2-9-26(23,24)20-7-4-12(5-8-20)14-11-21(22)17-16(14)13-3-6-18-25-15(13)10-19-17/h3,6,10-12,22H,2,4-5,7-9H2,1H3. The first kappa shape index (κ1) is 17.4. The fraction of sp³-hybridized carbons (Fsp3) is 0.471. The van der Waals surface area contributed by atoms with Crippen LogP contribution in [-0.2, 0) is 10.0 Å². The van der Waals surface area contributed by atoms with Gasteiger partial charge in [-0.3, -0.25) is 0 Å². The first-order valence-corrected chi connectivity index (χ1v) is 10.5. The maximum atomic E-state index is 12.3. The molecule has 0 spiro atoms. The van der Waals surface area contributed by atoms with Crippen LogP contribution in [0.2, 0.25) is 0 Å². The Labute approximate surface area is 153 Å². The molecule has 0 unspecified atom stereocenters. The minimum Gasteiger partial charge on any atom is -0.557 e. The SMILES string of the molecule is CCCS(=O)(=O)N1CCC(c2cn(O)c3ncc4c(c23)C=C[B]O4)CC1. The maximum Gasteiger partial charge on any atom is 0.401 e. The highest BCUT2D eigenvalue weighted by molar-refractivity contribution is 7.89. The lowest BCUT2D eigenvalue weighted by Gasteiger charge is -2.31. The largest absolute Gasteiger partial charge is 0.557 e. The molecule has 1 saturated heterocycles.